The molecule has 1 heterocycles. The highest BCUT2D eigenvalue weighted by Crippen LogP contribution is 2.32. The lowest BCUT2D eigenvalue weighted by molar-refractivity contribution is -0.115. The van der Waals surface area contributed by atoms with Crippen molar-refractivity contribution >= 4 is 54.5 Å². The first-order valence-electron chi connectivity index (χ1n) is 11.2. The number of hydrogen-bond donors (Lipinski definition) is 4. The summed E-state index contributed by atoms with van der Waals surface area (Å²) in [5.74, 6) is -0.265. The molecule has 4 aromatic rings. The van der Waals surface area contributed by atoms with Crippen LogP contribution in [0, 0.1) is 0 Å². The van der Waals surface area contributed by atoms with Gasteiger partial charge in [0, 0.05) is 53.7 Å². The average molecular weight is 526 g/mol. The maximum Gasteiger partial charge on any atom is 0.262 e. The van der Waals surface area contributed by atoms with Gasteiger partial charge < -0.3 is 20.6 Å². The van der Waals surface area contributed by atoms with Crippen molar-refractivity contribution < 1.29 is 18.3 Å². The Bertz CT molecular complexity index is 1480. The van der Waals surface area contributed by atoms with Crippen LogP contribution >= 0.6 is 11.3 Å². The van der Waals surface area contributed by atoms with E-state index in [0.29, 0.717) is 34.0 Å². The van der Waals surface area contributed by atoms with Gasteiger partial charge in [0.2, 0.25) is 5.91 Å². The summed E-state index contributed by atoms with van der Waals surface area (Å²) in [5.41, 5.74) is 2.65. The van der Waals surface area contributed by atoms with Crippen molar-refractivity contribution in [3.05, 3.63) is 66.0 Å². The third-order valence-electron chi connectivity index (χ3n) is 5.37. The molecule has 0 fully saturated rings. The lowest BCUT2D eigenvalue weighted by Gasteiger charge is -2.17. The van der Waals surface area contributed by atoms with Crippen LogP contribution in [-0.4, -0.2) is 58.2 Å². The third kappa shape index (κ3) is 5.82. The number of benzene rings is 3. The van der Waals surface area contributed by atoms with Crippen LogP contribution in [0.15, 0.2) is 70.9 Å². The summed E-state index contributed by atoms with van der Waals surface area (Å²) in [6.45, 7) is 0.345. The van der Waals surface area contributed by atoms with Crippen LogP contribution in [0.4, 0.5) is 16.5 Å². The van der Waals surface area contributed by atoms with Crippen LogP contribution in [-0.2, 0) is 14.8 Å². The number of carbonyl (C=O) groups excluding carboxylic acids is 1. The molecule has 4 rings (SSSR count). The Hall–Kier alpha value is -3.51. The summed E-state index contributed by atoms with van der Waals surface area (Å²) in [6.07, 6.45) is 0. The second-order valence-electron chi connectivity index (χ2n) is 8.20. The zero-order valence-corrected chi connectivity index (χ0v) is 21.5. The number of fused-ring (bicyclic) bond motifs is 1. The van der Waals surface area contributed by atoms with E-state index in [1.54, 1.807) is 41.8 Å². The van der Waals surface area contributed by atoms with E-state index in [4.69, 9.17) is 5.11 Å². The Balaban J connectivity index is 1.55. The molecule has 0 aliphatic heterocycles. The SMILES string of the molecule is CN(C)c1cccc2c(S(=O)(=O)Nc3cccc(-c4csc(NC(=O)CNCCO)n4)c3)cccc12. The van der Waals surface area contributed by atoms with E-state index >= 15 is 0 Å². The van der Waals surface area contributed by atoms with Gasteiger partial charge in [-0.15, -0.1) is 11.3 Å². The van der Waals surface area contributed by atoms with Crippen molar-refractivity contribution in [2.45, 2.75) is 4.90 Å². The molecule has 9 nitrogen and oxygen atoms in total. The quantitative estimate of drug-likeness (QED) is 0.234. The summed E-state index contributed by atoms with van der Waals surface area (Å²) in [6, 6.07) is 17.8. The van der Waals surface area contributed by atoms with Crippen LogP contribution in [0.1, 0.15) is 0 Å². The predicted octanol–water partition coefficient (Wildman–Crippen LogP) is 3.35. The van der Waals surface area contributed by atoms with Crippen LogP contribution in [0.3, 0.4) is 0 Å². The number of nitrogens with zero attached hydrogens (tertiary/aromatic N) is 2. The fourth-order valence-corrected chi connectivity index (χ4v) is 5.76. The zero-order valence-electron chi connectivity index (χ0n) is 19.9. The molecule has 0 aliphatic carbocycles. The Morgan fingerprint density at radius 1 is 1.06 bits per heavy atom. The highest BCUT2D eigenvalue weighted by molar-refractivity contribution is 7.93. The number of rotatable bonds is 10. The smallest absolute Gasteiger partial charge is 0.262 e. The Morgan fingerprint density at radius 3 is 2.58 bits per heavy atom. The minimum Gasteiger partial charge on any atom is -0.395 e. The molecule has 3 aromatic carbocycles. The monoisotopic (exact) mass is 525 g/mol. The minimum atomic E-state index is -3.87. The van der Waals surface area contributed by atoms with E-state index in [0.717, 1.165) is 11.1 Å². The van der Waals surface area contributed by atoms with Crippen molar-refractivity contribution in [1.82, 2.24) is 10.3 Å². The number of hydrogen-bond acceptors (Lipinski definition) is 8. The van der Waals surface area contributed by atoms with Gasteiger partial charge in [-0.25, -0.2) is 13.4 Å². The van der Waals surface area contributed by atoms with Crippen LogP contribution in [0.5, 0.6) is 0 Å². The molecule has 188 valence electrons. The lowest BCUT2D eigenvalue weighted by atomic mass is 10.1. The number of nitrogens with one attached hydrogen (secondary N) is 3. The summed E-state index contributed by atoms with van der Waals surface area (Å²) in [4.78, 5) is 18.5. The summed E-state index contributed by atoms with van der Waals surface area (Å²) < 4.78 is 29.4. The van der Waals surface area contributed by atoms with Crippen LogP contribution < -0.4 is 20.3 Å². The summed E-state index contributed by atoms with van der Waals surface area (Å²) in [7, 11) is -0.0315. The molecule has 0 unspecified atom stereocenters. The largest absolute Gasteiger partial charge is 0.395 e. The minimum absolute atomic E-state index is 0.0492. The number of sulfonamides is 1. The van der Waals surface area contributed by atoms with Gasteiger partial charge in [0.25, 0.3) is 10.0 Å². The highest BCUT2D eigenvalue weighted by atomic mass is 32.2. The maximum atomic E-state index is 13.4. The van der Waals surface area contributed by atoms with Gasteiger partial charge in [0.1, 0.15) is 0 Å². The van der Waals surface area contributed by atoms with Crippen molar-refractivity contribution in [3.63, 3.8) is 0 Å². The van der Waals surface area contributed by atoms with Crippen LogP contribution in [0.25, 0.3) is 22.0 Å². The first kappa shape index (κ1) is 25.6. The number of thiazole rings is 1. The number of aliphatic hydroxyl groups is 1. The van der Waals surface area contributed by atoms with Gasteiger partial charge in [-0.3, -0.25) is 9.52 Å². The summed E-state index contributed by atoms with van der Waals surface area (Å²) >= 11 is 1.27. The number of aliphatic hydroxyl groups excluding tert-OH is 1. The number of anilines is 3. The van der Waals surface area contributed by atoms with Gasteiger partial charge in [-0.2, -0.15) is 0 Å². The van der Waals surface area contributed by atoms with E-state index < -0.39 is 10.0 Å². The Kier molecular flexibility index (Phi) is 7.85. The van der Waals surface area contributed by atoms with E-state index in [1.165, 1.54) is 11.3 Å². The molecule has 0 saturated heterocycles. The van der Waals surface area contributed by atoms with Gasteiger partial charge in [-0.1, -0.05) is 36.4 Å². The third-order valence-corrected chi connectivity index (χ3v) is 7.56. The molecule has 0 bridgehead atoms. The van der Waals surface area contributed by atoms with E-state index in [9.17, 15) is 13.2 Å². The van der Waals surface area contributed by atoms with E-state index in [-0.39, 0.29) is 24.0 Å². The number of amides is 1. The van der Waals surface area contributed by atoms with Crippen molar-refractivity contribution in [2.24, 2.45) is 0 Å². The number of aromatic nitrogens is 1. The molecule has 0 aliphatic rings. The molecule has 11 heteroatoms. The van der Waals surface area contributed by atoms with Crippen molar-refractivity contribution in [1.29, 1.82) is 0 Å². The van der Waals surface area contributed by atoms with Crippen LogP contribution in [0.2, 0.25) is 0 Å². The Labute approximate surface area is 213 Å². The highest BCUT2D eigenvalue weighted by Gasteiger charge is 2.19. The summed E-state index contributed by atoms with van der Waals surface area (Å²) in [5, 5.41) is 18.0. The molecule has 0 saturated carbocycles. The molecular formula is C25H27N5O4S2. The van der Waals surface area contributed by atoms with Crippen molar-refractivity contribution in [2.75, 3.05) is 48.7 Å². The second-order valence-corrected chi connectivity index (χ2v) is 10.7. The van der Waals surface area contributed by atoms with Gasteiger partial charge >= 0.3 is 0 Å². The van der Waals surface area contributed by atoms with E-state index in [1.807, 2.05) is 43.3 Å². The molecule has 0 spiro atoms. The maximum absolute atomic E-state index is 13.4. The second kappa shape index (κ2) is 11.0. The van der Waals surface area contributed by atoms with Gasteiger partial charge in [0.05, 0.1) is 23.7 Å². The molecule has 36 heavy (non-hydrogen) atoms. The first-order valence-corrected chi connectivity index (χ1v) is 13.5. The molecule has 1 aromatic heterocycles. The number of carbonyl (C=O) groups is 1. The average Bonchev–Trinajstić information content (AvgIpc) is 3.31. The van der Waals surface area contributed by atoms with Gasteiger partial charge in [0.15, 0.2) is 5.13 Å². The Morgan fingerprint density at radius 2 is 1.81 bits per heavy atom. The lowest BCUT2D eigenvalue weighted by Crippen LogP contribution is -2.29. The molecule has 0 radical (unpaired) electrons. The first-order chi connectivity index (χ1) is 17.3. The topological polar surface area (TPSA) is 124 Å². The van der Waals surface area contributed by atoms with E-state index in [2.05, 4.69) is 20.3 Å². The normalized spacial score (nSPS) is 11.4. The molecular weight excluding hydrogens is 498 g/mol. The zero-order chi connectivity index (χ0) is 25.7. The molecule has 1 amide bonds. The fraction of sp³-hybridized carbons (Fsp3) is 0.200. The molecule has 4 N–H and O–H groups in total. The fourth-order valence-electron chi connectivity index (χ4n) is 3.75. The van der Waals surface area contributed by atoms with Crippen molar-refractivity contribution in [3.8, 4) is 11.3 Å². The molecule has 0 atom stereocenters. The predicted molar refractivity (Wildman–Crippen MR) is 145 cm³/mol. The van der Waals surface area contributed by atoms with Gasteiger partial charge in [-0.05, 0) is 24.3 Å². The standard InChI is InChI=1S/C25H27N5O4S2/c1-30(2)22-10-4-9-20-19(22)8-5-11-23(20)36(33,34)29-18-7-3-6-17(14-18)21-16-35-25(27-21)28-24(32)15-26-12-13-31/h3-11,14,16,26,29,31H,12-13,15H2,1-2H3,(H,27,28,32).